The molecule has 2 aromatic carbocycles. The summed E-state index contributed by atoms with van der Waals surface area (Å²) in [5.41, 5.74) is 0.562. The number of benzene rings is 2. The number of hydrogen-bond acceptors (Lipinski definition) is 4. The number of hydrogen-bond donors (Lipinski definition) is 1. The molecule has 2 aromatic rings. The lowest BCUT2D eigenvalue weighted by molar-refractivity contribution is -0.153. The number of carbonyl (C=O) groups excluding carboxylic acids is 2. The molecule has 0 aromatic heterocycles. The van der Waals surface area contributed by atoms with E-state index < -0.39 is 24.6 Å². The van der Waals surface area contributed by atoms with Gasteiger partial charge in [0.25, 0.3) is 5.91 Å². The zero-order chi connectivity index (χ0) is 19.3. The summed E-state index contributed by atoms with van der Waals surface area (Å²) in [6.07, 6.45) is -0.944. The van der Waals surface area contributed by atoms with Gasteiger partial charge < -0.3 is 14.8 Å². The van der Waals surface area contributed by atoms with Crippen LogP contribution in [-0.2, 0) is 14.3 Å². The molecule has 1 unspecified atom stereocenters. The first kappa shape index (κ1) is 21.0. The van der Waals surface area contributed by atoms with Gasteiger partial charge in [-0.2, -0.15) is 0 Å². The van der Waals surface area contributed by atoms with Gasteiger partial charge in [0, 0.05) is 14.0 Å². The Morgan fingerprint density at radius 3 is 2.54 bits per heavy atom. The molecule has 5 nitrogen and oxygen atoms in total. The number of halogens is 4. The van der Waals surface area contributed by atoms with Gasteiger partial charge in [-0.1, -0.05) is 39.1 Å². The highest BCUT2D eigenvalue weighted by Crippen LogP contribution is 2.28. The van der Waals surface area contributed by atoms with Crippen LogP contribution in [0.4, 0.5) is 5.69 Å². The van der Waals surface area contributed by atoms with Crippen molar-refractivity contribution in [2.24, 2.45) is 0 Å². The molecule has 0 aliphatic rings. The Bertz CT molecular complexity index is 832. The van der Waals surface area contributed by atoms with E-state index >= 15 is 0 Å². The van der Waals surface area contributed by atoms with Gasteiger partial charge in [-0.25, -0.2) is 4.79 Å². The van der Waals surface area contributed by atoms with Gasteiger partial charge in [-0.05, 0) is 59.3 Å². The van der Waals surface area contributed by atoms with Crippen LogP contribution >= 0.6 is 55.1 Å². The van der Waals surface area contributed by atoms with Crippen LogP contribution in [0.2, 0.25) is 10.0 Å². The standard InChI is InChI=1S/C17H13Br2Cl2NO4/c1-9(26-15-5-3-11(20)7-13(15)21)17(24)25-8-16(23)22-14-4-2-10(18)6-12(14)19/h2-7,9H,8H2,1H3,(H,22,23). The lowest BCUT2D eigenvalue weighted by Crippen LogP contribution is -2.29. The molecule has 26 heavy (non-hydrogen) atoms. The third-order valence-corrected chi connectivity index (χ3v) is 4.76. The van der Waals surface area contributed by atoms with E-state index in [1.165, 1.54) is 13.0 Å². The van der Waals surface area contributed by atoms with Crippen molar-refractivity contribution < 1.29 is 19.1 Å². The van der Waals surface area contributed by atoms with E-state index in [-0.39, 0.29) is 5.02 Å². The molecule has 0 saturated heterocycles. The van der Waals surface area contributed by atoms with Crippen molar-refractivity contribution in [3.63, 3.8) is 0 Å². The van der Waals surface area contributed by atoms with E-state index in [1.54, 1.807) is 30.3 Å². The van der Waals surface area contributed by atoms with Gasteiger partial charge in [0.2, 0.25) is 0 Å². The molecule has 0 aliphatic heterocycles. The fourth-order valence-electron chi connectivity index (χ4n) is 1.84. The van der Waals surface area contributed by atoms with Crippen molar-refractivity contribution in [1.29, 1.82) is 0 Å². The van der Waals surface area contributed by atoms with E-state index in [0.717, 1.165) is 4.47 Å². The Morgan fingerprint density at radius 1 is 1.15 bits per heavy atom. The van der Waals surface area contributed by atoms with Gasteiger partial charge in [0.05, 0.1) is 10.7 Å². The van der Waals surface area contributed by atoms with Crippen molar-refractivity contribution in [2.75, 3.05) is 11.9 Å². The first-order valence-corrected chi connectivity index (χ1v) is 9.63. The molecule has 2 rings (SSSR count). The average Bonchev–Trinajstić information content (AvgIpc) is 2.57. The van der Waals surface area contributed by atoms with E-state index in [0.29, 0.717) is 20.9 Å². The third-order valence-electron chi connectivity index (χ3n) is 3.08. The second-order valence-electron chi connectivity index (χ2n) is 5.11. The lowest BCUT2D eigenvalue weighted by Gasteiger charge is -2.15. The average molecular weight is 526 g/mol. The molecule has 0 fully saturated rings. The zero-order valence-electron chi connectivity index (χ0n) is 13.4. The monoisotopic (exact) mass is 523 g/mol. The van der Waals surface area contributed by atoms with Crippen LogP contribution in [0.15, 0.2) is 45.3 Å². The summed E-state index contributed by atoms with van der Waals surface area (Å²) in [6.45, 7) is 1.06. The van der Waals surface area contributed by atoms with Crippen LogP contribution in [-0.4, -0.2) is 24.6 Å². The highest BCUT2D eigenvalue weighted by Gasteiger charge is 2.19. The van der Waals surface area contributed by atoms with Crippen LogP contribution < -0.4 is 10.1 Å². The van der Waals surface area contributed by atoms with E-state index in [1.807, 2.05) is 0 Å². The summed E-state index contributed by atoms with van der Waals surface area (Å²) in [4.78, 5) is 23.9. The molecule has 0 saturated carbocycles. The van der Waals surface area contributed by atoms with Crippen LogP contribution in [0.5, 0.6) is 5.75 Å². The Kier molecular flexibility index (Phi) is 7.76. The minimum atomic E-state index is -0.944. The van der Waals surface area contributed by atoms with Crippen molar-refractivity contribution >= 4 is 72.6 Å². The first-order valence-electron chi connectivity index (χ1n) is 7.29. The van der Waals surface area contributed by atoms with Crippen molar-refractivity contribution in [2.45, 2.75) is 13.0 Å². The summed E-state index contributed by atoms with van der Waals surface area (Å²) < 4.78 is 12.0. The molecule has 138 valence electrons. The van der Waals surface area contributed by atoms with Crippen molar-refractivity contribution in [3.8, 4) is 5.75 Å². The number of ether oxygens (including phenoxy) is 2. The Balaban J connectivity index is 1.85. The smallest absolute Gasteiger partial charge is 0.347 e. The molecule has 1 atom stereocenters. The Hall–Kier alpha value is -1.28. The highest BCUT2D eigenvalue weighted by molar-refractivity contribution is 9.11. The maximum absolute atomic E-state index is 12.0. The molecule has 1 amide bonds. The largest absolute Gasteiger partial charge is 0.477 e. The minimum absolute atomic E-state index is 0.273. The molecular weight excluding hydrogens is 513 g/mol. The quantitative estimate of drug-likeness (QED) is 0.508. The Morgan fingerprint density at radius 2 is 1.88 bits per heavy atom. The van der Waals surface area contributed by atoms with Gasteiger partial charge in [0.15, 0.2) is 12.7 Å². The molecule has 9 heteroatoms. The molecule has 0 spiro atoms. The highest BCUT2D eigenvalue weighted by atomic mass is 79.9. The van der Waals surface area contributed by atoms with E-state index in [9.17, 15) is 9.59 Å². The normalized spacial score (nSPS) is 11.6. The molecule has 0 heterocycles. The summed E-state index contributed by atoms with van der Waals surface area (Å²) in [6, 6.07) is 9.91. The topological polar surface area (TPSA) is 64.6 Å². The summed E-state index contributed by atoms with van der Waals surface area (Å²) in [7, 11) is 0. The predicted octanol–water partition coefficient (Wildman–Crippen LogP) is 5.47. The summed E-state index contributed by atoms with van der Waals surface area (Å²) >= 11 is 18.4. The fourth-order valence-corrected chi connectivity index (χ4v) is 3.44. The van der Waals surface area contributed by atoms with Crippen LogP contribution in [0.25, 0.3) is 0 Å². The number of esters is 1. The molecule has 0 bridgehead atoms. The van der Waals surface area contributed by atoms with Crippen LogP contribution in [0.1, 0.15) is 6.92 Å². The van der Waals surface area contributed by atoms with Gasteiger partial charge in [-0.3, -0.25) is 4.79 Å². The second kappa shape index (κ2) is 9.60. The van der Waals surface area contributed by atoms with Gasteiger partial charge in [0.1, 0.15) is 5.75 Å². The molecule has 0 aliphatic carbocycles. The number of nitrogens with one attached hydrogen (secondary N) is 1. The molecule has 1 N–H and O–H groups in total. The maximum Gasteiger partial charge on any atom is 0.347 e. The number of amides is 1. The fraction of sp³-hybridized carbons (Fsp3) is 0.176. The van der Waals surface area contributed by atoms with Gasteiger partial charge >= 0.3 is 5.97 Å². The SMILES string of the molecule is CC(Oc1ccc(Cl)cc1Cl)C(=O)OCC(=O)Nc1ccc(Br)cc1Br. The zero-order valence-corrected chi connectivity index (χ0v) is 18.1. The lowest BCUT2D eigenvalue weighted by atomic mass is 10.3. The maximum atomic E-state index is 12.0. The Labute approximate surface area is 177 Å². The second-order valence-corrected chi connectivity index (χ2v) is 7.73. The summed E-state index contributed by atoms with van der Waals surface area (Å²) in [5, 5.41) is 3.36. The summed E-state index contributed by atoms with van der Waals surface area (Å²) in [5.74, 6) is -0.872. The van der Waals surface area contributed by atoms with Crippen molar-refractivity contribution in [3.05, 3.63) is 55.4 Å². The number of carbonyl (C=O) groups is 2. The van der Waals surface area contributed by atoms with Crippen LogP contribution in [0, 0.1) is 0 Å². The number of rotatable bonds is 6. The van der Waals surface area contributed by atoms with Crippen LogP contribution in [0.3, 0.4) is 0 Å². The third kappa shape index (κ3) is 6.16. The van der Waals surface area contributed by atoms with Gasteiger partial charge in [-0.15, -0.1) is 0 Å². The minimum Gasteiger partial charge on any atom is -0.477 e. The first-order chi connectivity index (χ1) is 12.3. The molecule has 0 radical (unpaired) electrons. The van der Waals surface area contributed by atoms with Crippen molar-refractivity contribution in [1.82, 2.24) is 0 Å². The van der Waals surface area contributed by atoms with E-state index in [2.05, 4.69) is 37.2 Å². The number of anilines is 1. The predicted molar refractivity (Wildman–Crippen MR) is 108 cm³/mol. The molecular formula is C17H13Br2Cl2NO4. The van der Waals surface area contributed by atoms with E-state index in [4.69, 9.17) is 32.7 Å².